The number of fused-ring (bicyclic) bond motifs is 1. The minimum atomic E-state index is 0.983. The van der Waals surface area contributed by atoms with Crippen LogP contribution >= 0.6 is 0 Å². The first-order valence-electron chi connectivity index (χ1n) is 6.63. The van der Waals surface area contributed by atoms with Gasteiger partial charge in [0, 0.05) is 0 Å². The summed E-state index contributed by atoms with van der Waals surface area (Å²) in [5.74, 6) is 5.16. The van der Waals surface area contributed by atoms with Gasteiger partial charge < -0.3 is 0 Å². The maximum Gasteiger partial charge on any atom is -0.0289 e. The summed E-state index contributed by atoms with van der Waals surface area (Å²) >= 11 is 0. The average molecular weight is 206 g/mol. The Labute approximate surface area is 95.1 Å². The lowest BCUT2D eigenvalue weighted by Gasteiger charge is -2.43. The Morgan fingerprint density at radius 1 is 1.00 bits per heavy atom. The van der Waals surface area contributed by atoms with Crippen molar-refractivity contribution in [3.63, 3.8) is 0 Å². The van der Waals surface area contributed by atoms with Gasteiger partial charge in [0.1, 0.15) is 0 Å². The summed E-state index contributed by atoms with van der Waals surface area (Å²) in [5.41, 5.74) is 3.18. The van der Waals surface area contributed by atoms with E-state index < -0.39 is 0 Å². The summed E-state index contributed by atoms with van der Waals surface area (Å²) in [6, 6.07) is 0. The zero-order chi connectivity index (χ0) is 11.2. The van der Waals surface area contributed by atoms with Gasteiger partial charge in [-0.2, -0.15) is 0 Å². The SMILES string of the molecule is CC(C)=C(C)CC1CC2C(C)C(C)CC12. The van der Waals surface area contributed by atoms with E-state index in [2.05, 4.69) is 34.6 Å². The van der Waals surface area contributed by atoms with Crippen molar-refractivity contribution in [3.05, 3.63) is 11.1 Å². The van der Waals surface area contributed by atoms with Crippen LogP contribution in [0.2, 0.25) is 0 Å². The first-order chi connectivity index (χ1) is 7.00. The molecule has 15 heavy (non-hydrogen) atoms. The van der Waals surface area contributed by atoms with Gasteiger partial charge in [0.25, 0.3) is 0 Å². The zero-order valence-electron chi connectivity index (χ0n) is 11.0. The van der Waals surface area contributed by atoms with Crippen molar-refractivity contribution in [2.75, 3.05) is 0 Å². The van der Waals surface area contributed by atoms with Crippen LogP contribution in [0.4, 0.5) is 0 Å². The molecule has 2 aliphatic rings. The molecule has 0 radical (unpaired) electrons. The van der Waals surface area contributed by atoms with Crippen molar-refractivity contribution in [2.45, 2.75) is 53.9 Å². The molecule has 2 fully saturated rings. The first-order valence-corrected chi connectivity index (χ1v) is 6.63. The fourth-order valence-electron chi connectivity index (χ4n) is 3.72. The van der Waals surface area contributed by atoms with Crippen molar-refractivity contribution >= 4 is 0 Å². The smallest absolute Gasteiger partial charge is 0.0289 e. The minimum Gasteiger partial charge on any atom is -0.0775 e. The maximum atomic E-state index is 2.47. The van der Waals surface area contributed by atoms with Gasteiger partial charge in [-0.1, -0.05) is 25.0 Å². The molecule has 0 spiro atoms. The molecule has 5 atom stereocenters. The van der Waals surface area contributed by atoms with Crippen LogP contribution in [-0.2, 0) is 0 Å². The molecule has 0 aliphatic heterocycles. The van der Waals surface area contributed by atoms with E-state index in [-0.39, 0.29) is 0 Å². The van der Waals surface area contributed by atoms with Crippen molar-refractivity contribution in [1.82, 2.24) is 0 Å². The van der Waals surface area contributed by atoms with Crippen molar-refractivity contribution in [1.29, 1.82) is 0 Å². The third-order valence-electron chi connectivity index (χ3n) is 5.37. The lowest BCUT2D eigenvalue weighted by molar-refractivity contribution is 0.0779. The van der Waals surface area contributed by atoms with E-state index in [1.807, 2.05) is 0 Å². The molecule has 2 rings (SSSR count). The second-order valence-corrected chi connectivity index (χ2v) is 6.38. The fraction of sp³-hybridized carbons (Fsp3) is 0.867. The molecular formula is C15H26. The van der Waals surface area contributed by atoms with Gasteiger partial charge in [-0.25, -0.2) is 0 Å². The third kappa shape index (κ3) is 1.88. The summed E-state index contributed by atoms with van der Waals surface area (Å²) in [6.45, 7) is 11.8. The predicted molar refractivity (Wildman–Crippen MR) is 66.7 cm³/mol. The van der Waals surface area contributed by atoms with Crippen LogP contribution in [-0.4, -0.2) is 0 Å². The number of hydrogen-bond acceptors (Lipinski definition) is 0. The van der Waals surface area contributed by atoms with Crippen LogP contribution in [0.15, 0.2) is 11.1 Å². The van der Waals surface area contributed by atoms with E-state index in [0.29, 0.717) is 0 Å². The molecule has 0 nitrogen and oxygen atoms in total. The Hall–Kier alpha value is -0.260. The van der Waals surface area contributed by atoms with Crippen LogP contribution in [0, 0.1) is 29.6 Å². The number of allylic oxidation sites excluding steroid dienone is 2. The monoisotopic (exact) mass is 206 g/mol. The van der Waals surface area contributed by atoms with E-state index in [4.69, 9.17) is 0 Å². The number of rotatable bonds is 2. The van der Waals surface area contributed by atoms with E-state index in [0.717, 1.165) is 29.6 Å². The van der Waals surface area contributed by atoms with Crippen molar-refractivity contribution in [2.24, 2.45) is 29.6 Å². The number of hydrogen-bond donors (Lipinski definition) is 0. The molecule has 86 valence electrons. The third-order valence-corrected chi connectivity index (χ3v) is 5.37. The largest absolute Gasteiger partial charge is 0.0775 e. The first kappa shape index (κ1) is 11.2. The van der Waals surface area contributed by atoms with Crippen LogP contribution in [0.1, 0.15) is 53.9 Å². The van der Waals surface area contributed by atoms with Crippen LogP contribution in [0.5, 0.6) is 0 Å². The quantitative estimate of drug-likeness (QED) is 0.576. The minimum absolute atomic E-state index is 0.983. The van der Waals surface area contributed by atoms with E-state index in [1.165, 1.54) is 24.8 Å². The van der Waals surface area contributed by atoms with Crippen molar-refractivity contribution < 1.29 is 0 Å². The highest BCUT2D eigenvalue weighted by molar-refractivity contribution is 5.11. The molecule has 0 bridgehead atoms. The summed E-state index contributed by atoms with van der Waals surface area (Å²) in [4.78, 5) is 0. The Bertz CT molecular complexity index is 270. The van der Waals surface area contributed by atoms with E-state index >= 15 is 0 Å². The molecule has 2 aliphatic carbocycles. The molecule has 0 aromatic heterocycles. The molecule has 0 aromatic rings. The molecule has 0 saturated heterocycles. The zero-order valence-corrected chi connectivity index (χ0v) is 11.0. The Morgan fingerprint density at radius 2 is 1.67 bits per heavy atom. The van der Waals surface area contributed by atoms with Crippen molar-refractivity contribution in [3.8, 4) is 0 Å². The van der Waals surface area contributed by atoms with Gasteiger partial charge in [0.15, 0.2) is 0 Å². The normalized spacial score (nSPS) is 43.4. The molecular weight excluding hydrogens is 180 g/mol. The molecule has 0 N–H and O–H groups in total. The summed E-state index contributed by atoms with van der Waals surface area (Å²) < 4.78 is 0. The van der Waals surface area contributed by atoms with Gasteiger partial charge in [0.05, 0.1) is 0 Å². The van der Waals surface area contributed by atoms with Crippen LogP contribution in [0.25, 0.3) is 0 Å². The lowest BCUT2D eigenvalue weighted by atomic mass is 9.62. The Balaban J connectivity index is 1.93. The van der Waals surface area contributed by atoms with Crippen LogP contribution < -0.4 is 0 Å². The lowest BCUT2D eigenvalue weighted by Crippen LogP contribution is -2.35. The highest BCUT2D eigenvalue weighted by Crippen LogP contribution is 2.57. The van der Waals surface area contributed by atoms with Gasteiger partial charge in [-0.15, -0.1) is 0 Å². The topological polar surface area (TPSA) is 0 Å². The fourth-order valence-corrected chi connectivity index (χ4v) is 3.72. The predicted octanol–water partition coefficient (Wildman–Crippen LogP) is 4.66. The van der Waals surface area contributed by atoms with Gasteiger partial charge in [-0.3, -0.25) is 0 Å². The molecule has 0 heterocycles. The molecule has 0 aromatic carbocycles. The molecule has 0 heteroatoms. The van der Waals surface area contributed by atoms with Gasteiger partial charge in [-0.05, 0) is 69.6 Å². The molecule has 2 saturated carbocycles. The van der Waals surface area contributed by atoms with Crippen LogP contribution in [0.3, 0.4) is 0 Å². The summed E-state index contributed by atoms with van der Waals surface area (Å²) in [5, 5.41) is 0. The Kier molecular flexibility index (Phi) is 2.96. The maximum absolute atomic E-state index is 2.47. The molecule has 5 unspecified atom stereocenters. The summed E-state index contributed by atoms with van der Waals surface area (Å²) in [6.07, 6.45) is 4.40. The standard InChI is InChI=1S/C15H26/c1-9(2)10(3)6-13-8-14-12(5)11(4)7-15(13)14/h11-15H,6-8H2,1-5H3. The average Bonchev–Trinajstić information content (AvgIpc) is 2.38. The van der Waals surface area contributed by atoms with Gasteiger partial charge >= 0.3 is 0 Å². The summed E-state index contributed by atoms with van der Waals surface area (Å²) in [7, 11) is 0. The Morgan fingerprint density at radius 3 is 2.20 bits per heavy atom. The highest BCUT2D eigenvalue weighted by Gasteiger charge is 2.49. The highest BCUT2D eigenvalue weighted by atomic mass is 14.5. The second kappa shape index (κ2) is 3.96. The van der Waals surface area contributed by atoms with E-state index in [1.54, 1.807) is 5.57 Å². The molecule has 0 amide bonds. The van der Waals surface area contributed by atoms with E-state index in [9.17, 15) is 0 Å². The second-order valence-electron chi connectivity index (χ2n) is 6.38. The van der Waals surface area contributed by atoms with Gasteiger partial charge in [0.2, 0.25) is 0 Å².